The Kier molecular flexibility index (Phi) is 4.74. The fraction of sp³-hybridized carbons (Fsp3) is 0.300. The predicted molar refractivity (Wildman–Crippen MR) is 69.8 cm³/mol. The highest BCUT2D eigenvalue weighted by molar-refractivity contribution is 9.10. The van der Waals surface area contributed by atoms with Crippen LogP contribution in [0.5, 0.6) is 0 Å². The van der Waals surface area contributed by atoms with Crippen molar-refractivity contribution in [1.29, 1.82) is 0 Å². The van der Waals surface area contributed by atoms with Gasteiger partial charge in [-0.1, -0.05) is 15.9 Å². The van der Waals surface area contributed by atoms with Crippen LogP contribution in [0, 0.1) is 5.82 Å². The van der Waals surface area contributed by atoms with Gasteiger partial charge in [-0.15, -0.1) is 0 Å². The smallest absolute Gasteiger partial charge is 0.264 e. The zero-order valence-corrected chi connectivity index (χ0v) is 12.7. The Labute approximate surface area is 117 Å². The van der Waals surface area contributed by atoms with Crippen molar-refractivity contribution in [2.24, 2.45) is 0 Å². The summed E-state index contributed by atoms with van der Waals surface area (Å²) in [6, 6.07) is 2.23. The third-order valence-electron chi connectivity index (χ3n) is 2.32. The molecule has 1 rings (SSSR count). The third kappa shape index (κ3) is 3.21. The van der Waals surface area contributed by atoms with Gasteiger partial charge >= 0.3 is 0 Å². The quantitative estimate of drug-likeness (QED) is 0.781. The first kappa shape index (κ1) is 15.4. The second-order valence-corrected chi connectivity index (χ2v) is 6.97. The lowest BCUT2D eigenvalue weighted by Gasteiger charge is -2.15. The van der Waals surface area contributed by atoms with Crippen LogP contribution >= 0.6 is 26.6 Å². The van der Waals surface area contributed by atoms with Crippen LogP contribution in [0.2, 0.25) is 0 Å². The molecular formula is C10H10BrClFNO3S. The normalized spacial score (nSPS) is 11.4. The summed E-state index contributed by atoms with van der Waals surface area (Å²) in [5, 5.41) is 0. The van der Waals surface area contributed by atoms with E-state index in [2.05, 4.69) is 15.9 Å². The Morgan fingerprint density at radius 1 is 1.50 bits per heavy atom. The lowest BCUT2D eigenvalue weighted by molar-refractivity contribution is 0.0797. The molecule has 0 aliphatic heterocycles. The van der Waals surface area contributed by atoms with Crippen LogP contribution in [0.25, 0.3) is 0 Å². The maximum Gasteiger partial charge on any atom is 0.264 e. The average Bonchev–Trinajstić information content (AvgIpc) is 2.28. The maximum atomic E-state index is 14.0. The van der Waals surface area contributed by atoms with E-state index in [1.54, 1.807) is 6.92 Å². The first-order valence-electron chi connectivity index (χ1n) is 4.87. The summed E-state index contributed by atoms with van der Waals surface area (Å²) in [6.07, 6.45) is 0. The minimum Gasteiger partial charge on any atom is -0.342 e. The minimum absolute atomic E-state index is 0.260. The van der Waals surface area contributed by atoms with Crippen molar-refractivity contribution < 1.29 is 17.6 Å². The SMILES string of the molecule is CCN(C)C(=O)c1cc(Br)cc(S(=O)(=O)Cl)c1F. The molecule has 18 heavy (non-hydrogen) atoms. The van der Waals surface area contributed by atoms with Crippen LogP contribution in [-0.4, -0.2) is 32.8 Å². The molecular weight excluding hydrogens is 349 g/mol. The molecule has 0 unspecified atom stereocenters. The van der Waals surface area contributed by atoms with Gasteiger partial charge in [0.25, 0.3) is 15.0 Å². The Morgan fingerprint density at radius 3 is 2.50 bits per heavy atom. The summed E-state index contributed by atoms with van der Waals surface area (Å²) in [6.45, 7) is 2.08. The molecule has 0 aromatic heterocycles. The summed E-state index contributed by atoms with van der Waals surface area (Å²) >= 11 is 3.02. The molecule has 0 fully saturated rings. The Bertz CT molecular complexity index is 591. The number of hydrogen-bond donors (Lipinski definition) is 0. The number of carbonyl (C=O) groups is 1. The van der Waals surface area contributed by atoms with Crippen molar-refractivity contribution in [2.75, 3.05) is 13.6 Å². The Morgan fingerprint density at radius 2 is 2.06 bits per heavy atom. The molecule has 8 heteroatoms. The highest BCUT2D eigenvalue weighted by Crippen LogP contribution is 2.27. The summed E-state index contributed by atoms with van der Waals surface area (Å²) in [4.78, 5) is 12.4. The molecule has 100 valence electrons. The van der Waals surface area contributed by atoms with Crippen LogP contribution in [0.4, 0.5) is 4.39 Å². The highest BCUT2D eigenvalue weighted by atomic mass is 79.9. The zero-order chi connectivity index (χ0) is 14.1. The zero-order valence-electron chi connectivity index (χ0n) is 9.58. The van der Waals surface area contributed by atoms with E-state index in [1.807, 2.05) is 0 Å². The Hall–Kier alpha value is -0.660. The third-order valence-corrected chi connectivity index (χ3v) is 4.10. The van der Waals surface area contributed by atoms with Crippen LogP contribution in [0.15, 0.2) is 21.5 Å². The number of benzene rings is 1. The second kappa shape index (κ2) is 5.54. The predicted octanol–water partition coefficient (Wildman–Crippen LogP) is 2.61. The molecule has 0 N–H and O–H groups in total. The van der Waals surface area contributed by atoms with Gasteiger partial charge in [-0.05, 0) is 19.1 Å². The van der Waals surface area contributed by atoms with Crippen LogP contribution in [-0.2, 0) is 9.05 Å². The molecule has 0 heterocycles. The van der Waals surface area contributed by atoms with E-state index < -0.39 is 25.7 Å². The van der Waals surface area contributed by atoms with Gasteiger partial charge < -0.3 is 4.90 Å². The fourth-order valence-corrected chi connectivity index (χ4v) is 2.78. The van der Waals surface area contributed by atoms with E-state index >= 15 is 0 Å². The highest BCUT2D eigenvalue weighted by Gasteiger charge is 2.24. The fourth-order valence-electron chi connectivity index (χ4n) is 1.25. The van der Waals surface area contributed by atoms with Crippen molar-refractivity contribution in [3.05, 3.63) is 28.0 Å². The largest absolute Gasteiger partial charge is 0.342 e. The van der Waals surface area contributed by atoms with Gasteiger partial charge in [-0.3, -0.25) is 4.79 Å². The van der Waals surface area contributed by atoms with E-state index in [-0.39, 0.29) is 10.0 Å². The molecule has 4 nitrogen and oxygen atoms in total. The number of amides is 1. The van der Waals surface area contributed by atoms with Gasteiger partial charge in [0.15, 0.2) is 5.82 Å². The molecule has 1 aromatic rings. The number of nitrogens with zero attached hydrogens (tertiary/aromatic N) is 1. The van der Waals surface area contributed by atoms with Crippen molar-refractivity contribution in [2.45, 2.75) is 11.8 Å². The summed E-state index contributed by atoms with van der Waals surface area (Å²) in [5.74, 6) is -1.75. The van der Waals surface area contributed by atoms with Crippen molar-refractivity contribution in [3.63, 3.8) is 0 Å². The standard InChI is InChI=1S/C10H10BrClFNO3S/c1-3-14(2)10(15)7-4-6(11)5-8(9(7)13)18(12,16)17/h4-5H,3H2,1-2H3. The van der Waals surface area contributed by atoms with Gasteiger partial charge in [0.05, 0.1) is 5.56 Å². The van der Waals surface area contributed by atoms with Gasteiger partial charge in [0, 0.05) is 28.7 Å². The summed E-state index contributed by atoms with van der Waals surface area (Å²) in [7, 11) is 2.35. The maximum absolute atomic E-state index is 14.0. The molecule has 1 amide bonds. The Balaban J connectivity index is 3.48. The first-order chi connectivity index (χ1) is 8.18. The molecule has 0 saturated heterocycles. The molecule has 1 aromatic carbocycles. The first-order valence-corrected chi connectivity index (χ1v) is 7.98. The van der Waals surface area contributed by atoms with Gasteiger partial charge in [-0.25, -0.2) is 12.8 Å². The van der Waals surface area contributed by atoms with Crippen LogP contribution in [0.3, 0.4) is 0 Å². The van der Waals surface area contributed by atoms with Gasteiger partial charge in [0.2, 0.25) is 0 Å². The van der Waals surface area contributed by atoms with E-state index in [4.69, 9.17) is 10.7 Å². The van der Waals surface area contributed by atoms with Crippen LogP contribution in [0.1, 0.15) is 17.3 Å². The molecule has 0 spiro atoms. The van der Waals surface area contributed by atoms with Gasteiger partial charge in [-0.2, -0.15) is 0 Å². The van der Waals surface area contributed by atoms with E-state index in [9.17, 15) is 17.6 Å². The van der Waals surface area contributed by atoms with Crippen molar-refractivity contribution in [1.82, 2.24) is 4.90 Å². The van der Waals surface area contributed by atoms with E-state index in [0.29, 0.717) is 6.54 Å². The number of halogens is 3. The summed E-state index contributed by atoms with van der Waals surface area (Å²) in [5.41, 5.74) is -0.340. The number of carbonyl (C=O) groups excluding carboxylic acids is 1. The number of rotatable bonds is 3. The van der Waals surface area contributed by atoms with E-state index in [1.165, 1.54) is 18.0 Å². The van der Waals surface area contributed by atoms with Gasteiger partial charge in [0.1, 0.15) is 4.90 Å². The average molecular weight is 359 g/mol. The lowest BCUT2D eigenvalue weighted by atomic mass is 10.2. The molecule has 0 bridgehead atoms. The molecule has 0 radical (unpaired) electrons. The molecule has 0 atom stereocenters. The monoisotopic (exact) mass is 357 g/mol. The lowest BCUT2D eigenvalue weighted by Crippen LogP contribution is -2.27. The second-order valence-electron chi connectivity index (χ2n) is 3.52. The molecule has 0 aliphatic rings. The molecule has 0 saturated carbocycles. The molecule has 0 aliphatic carbocycles. The topological polar surface area (TPSA) is 54.5 Å². The summed E-state index contributed by atoms with van der Waals surface area (Å²) < 4.78 is 36.6. The minimum atomic E-state index is -4.25. The van der Waals surface area contributed by atoms with Crippen molar-refractivity contribution >= 4 is 41.6 Å². The van der Waals surface area contributed by atoms with E-state index in [0.717, 1.165) is 6.07 Å². The number of hydrogen-bond acceptors (Lipinski definition) is 3. The van der Waals surface area contributed by atoms with Crippen molar-refractivity contribution in [3.8, 4) is 0 Å². The van der Waals surface area contributed by atoms with Crippen LogP contribution < -0.4 is 0 Å².